The first kappa shape index (κ1) is 27.8. The molecule has 41 heavy (non-hydrogen) atoms. The van der Waals surface area contributed by atoms with Gasteiger partial charge in [0, 0.05) is 76.3 Å². The maximum atomic E-state index is 14.0. The van der Waals surface area contributed by atoms with Gasteiger partial charge < -0.3 is 29.4 Å². The SMILES string of the molecule is CCN1C[C@]2(OC(=O)c3ccccc3NC(C)=O)CC[C@H](OC)[C@]34C1[C@H](C[C@H]23)[C@@]1(O)C[C@H](OC)[C@H]2C[C@@H]4[C@@H]1[C@H]2OC. The molecule has 0 aromatic heterocycles. The molecule has 1 unspecified atom stereocenters. The number of para-hydroxylation sites is 1. The van der Waals surface area contributed by atoms with Crippen LogP contribution in [0.15, 0.2) is 24.3 Å². The Kier molecular flexibility index (Phi) is 6.42. The number of methoxy groups -OCH3 is 3. The van der Waals surface area contributed by atoms with E-state index in [-0.39, 0.29) is 65.3 Å². The predicted octanol–water partition coefficient (Wildman–Crippen LogP) is 3.11. The number of nitrogens with zero attached hydrogens (tertiary/aromatic N) is 1. The van der Waals surface area contributed by atoms with Crippen LogP contribution < -0.4 is 5.32 Å². The highest BCUT2D eigenvalue weighted by Crippen LogP contribution is 2.78. The molecule has 2 N–H and O–H groups in total. The summed E-state index contributed by atoms with van der Waals surface area (Å²) in [6.45, 7) is 5.05. The lowest BCUT2D eigenvalue weighted by Crippen LogP contribution is -2.78. The van der Waals surface area contributed by atoms with Crippen LogP contribution in [0.25, 0.3) is 0 Å². The Morgan fingerprint density at radius 3 is 2.56 bits per heavy atom. The van der Waals surface area contributed by atoms with E-state index < -0.39 is 17.2 Å². The van der Waals surface area contributed by atoms with Crippen LogP contribution in [0.1, 0.15) is 56.3 Å². The zero-order valence-corrected chi connectivity index (χ0v) is 24.8. The Balaban J connectivity index is 1.35. The first-order valence-corrected chi connectivity index (χ1v) is 15.3. The van der Waals surface area contributed by atoms with E-state index in [2.05, 4.69) is 17.1 Å². The molecule has 0 radical (unpaired) electrons. The molecule has 1 saturated heterocycles. The van der Waals surface area contributed by atoms with Crippen molar-refractivity contribution in [1.29, 1.82) is 0 Å². The molecule has 1 aromatic rings. The first-order chi connectivity index (χ1) is 19.7. The zero-order chi connectivity index (χ0) is 28.9. The largest absolute Gasteiger partial charge is 0.454 e. The molecule has 7 rings (SSSR count). The van der Waals surface area contributed by atoms with Crippen molar-refractivity contribution in [2.75, 3.05) is 39.7 Å². The Hall–Kier alpha value is -2.04. The van der Waals surface area contributed by atoms with E-state index in [1.165, 1.54) is 6.92 Å². The molecule has 12 atom stereocenters. The fraction of sp³-hybridized carbons (Fsp3) is 0.750. The summed E-state index contributed by atoms with van der Waals surface area (Å²) in [6, 6.07) is 7.20. The average Bonchev–Trinajstić information content (AvgIpc) is 3.43. The van der Waals surface area contributed by atoms with E-state index in [0.29, 0.717) is 30.6 Å². The summed E-state index contributed by atoms with van der Waals surface area (Å²) in [5.74, 6) is -0.203. The zero-order valence-electron chi connectivity index (χ0n) is 24.8. The molecule has 224 valence electrons. The Labute approximate surface area is 242 Å². The molecule has 5 saturated carbocycles. The van der Waals surface area contributed by atoms with Gasteiger partial charge in [-0.1, -0.05) is 19.1 Å². The molecular weight excluding hydrogens is 524 g/mol. The smallest absolute Gasteiger partial charge is 0.340 e. The van der Waals surface area contributed by atoms with Crippen LogP contribution in [0.4, 0.5) is 5.69 Å². The van der Waals surface area contributed by atoms with Gasteiger partial charge in [-0.3, -0.25) is 9.69 Å². The van der Waals surface area contributed by atoms with Crippen LogP contribution in [0.2, 0.25) is 0 Å². The lowest BCUT2D eigenvalue weighted by atomic mass is 9.45. The molecule has 6 aliphatic rings. The van der Waals surface area contributed by atoms with Crippen molar-refractivity contribution in [1.82, 2.24) is 4.90 Å². The van der Waals surface area contributed by atoms with Gasteiger partial charge in [-0.15, -0.1) is 0 Å². The van der Waals surface area contributed by atoms with Crippen LogP contribution in [0, 0.1) is 35.0 Å². The minimum absolute atomic E-state index is 0.00254. The van der Waals surface area contributed by atoms with Crippen molar-refractivity contribution in [3.8, 4) is 0 Å². The minimum Gasteiger partial charge on any atom is -0.454 e. The van der Waals surface area contributed by atoms with Gasteiger partial charge in [0.2, 0.25) is 5.91 Å². The number of ether oxygens (including phenoxy) is 4. The number of nitrogens with one attached hydrogen (secondary N) is 1. The van der Waals surface area contributed by atoms with Crippen molar-refractivity contribution >= 4 is 17.6 Å². The number of benzene rings is 1. The summed E-state index contributed by atoms with van der Waals surface area (Å²) in [5, 5.41) is 15.6. The summed E-state index contributed by atoms with van der Waals surface area (Å²) in [4.78, 5) is 28.4. The van der Waals surface area contributed by atoms with E-state index in [0.717, 1.165) is 25.8 Å². The number of piperidine rings is 1. The Morgan fingerprint density at radius 1 is 1.10 bits per heavy atom. The van der Waals surface area contributed by atoms with E-state index in [9.17, 15) is 14.7 Å². The van der Waals surface area contributed by atoms with E-state index in [4.69, 9.17) is 18.9 Å². The monoisotopic (exact) mass is 568 g/mol. The standard InChI is InChI=1S/C32H44N2O7/c1-6-34-16-30(41-29(36)18-9-7-8-10-22(18)33-17(2)35)12-11-25(39-4)32-20-13-19-23(38-3)15-31(37,26(20)27(19)40-5)21(28(32)34)14-24(30)32/h7-10,19-21,23-28,37H,6,11-16H2,1-5H3,(H,33,35)/t19-,20-,21+,23+,24-,25+,26-,27+,28?,30-,31+,32-/m1/s1. The number of hydrogen-bond acceptors (Lipinski definition) is 8. The number of carbonyl (C=O) groups is 2. The molecule has 1 spiro atoms. The lowest BCUT2D eigenvalue weighted by molar-refractivity contribution is -0.284. The van der Waals surface area contributed by atoms with Gasteiger partial charge in [-0.2, -0.15) is 0 Å². The minimum atomic E-state index is -0.921. The molecule has 1 aromatic carbocycles. The van der Waals surface area contributed by atoms with Crippen LogP contribution in [0.5, 0.6) is 0 Å². The summed E-state index contributed by atoms with van der Waals surface area (Å²) < 4.78 is 25.4. The number of aliphatic hydroxyl groups is 1. The van der Waals surface area contributed by atoms with Gasteiger partial charge in [-0.05, 0) is 50.3 Å². The number of amides is 1. The molecule has 9 heteroatoms. The third-order valence-electron chi connectivity index (χ3n) is 12.5. The molecule has 7 bridgehead atoms. The first-order valence-electron chi connectivity index (χ1n) is 15.3. The average molecular weight is 569 g/mol. The number of carbonyl (C=O) groups excluding carboxylic acids is 2. The number of esters is 1. The van der Waals surface area contributed by atoms with Crippen LogP contribution in [-0.4, -0.2) is 91.9 Å². The predicted molar refractivity (Wildman–Crippen MR) is 150 cm³/mol. The maximum Gasteiger partial charge on any atom is 0.340 e. The second kappa shape index (κ2) is 9.48. The lowest BCUT2D eigenvalue weighted by Gasteiger charge is -2.69. The second-order valence-electron chi connectivity index (χ2n) is 13.5. The molecule has 1 heterocycles. The van der Waals surface area contributed by atoms with Gasteiger partial charge in [0.05, 0.1) is 35.2 Å². The second-order valence-corrected chi connectivity index (χ2v) is 13.5. The third kappa shape index (κ3) is 3.41. The van der Waals surface area contributed by atoms with Crippen molar-refractivity contribution in [3.05, 3.63) is 29.8 Å². The number of hydrogen-bond donors (Lipinski definition) is 2. The van der Waals surface area contributed by atoms with Crippen LogP contribution in [-0.2, 0) is 23.7 Å². The normalized spacial score (nSPS) is 47.2. The van der Waals surface area contributed by atoms with Crippen molar-refractivity contribution in [3.63, 3.8) is 0 Å². The fourth-order valence-corrected chi connectivity index (χ4v) is 11.6. The molecule has 5 aliphatic carbocycles. The van der Waals surface area contributed by atoms with Gasteiger partial charge in [0.1, 0.15) is 5.60 Å². The van der Waals surface area contributed by atoms with Gasteiger partial charge in [0.25, 0.3) is 0 Å². The Morgan fingerprint density at radius 2 is 1.88 bits per heavy atom. The third-order valence-corrected chi connectivity index (χ3v) is 12.5. The highest BCUT2D eigenvalue weighted by atomic mass is 16.6. The summed E-state index contributed by atoms with van der Waals surface area (Å²) in [5.41, 5.74) is -1.08. The van der Waals surface area contributed by atoms with Crippen molar-refractivity contribution in [2.24, 2.45) is 35.0 Å². The van der Waals surface area contributed by atoms with Crippen molar-refractivity contribution in [2.45, 2.75) is 81.5 Å². The van der Waals surface area contributed by atoms with Gasteiger partial charge in [0.15, 0.2) is 0 Å². The molecular formula is C32H44N2O7. The highest BCUT2D eigenvalue weighted by Gasteiger charge is 2.84. The summed E-state index contributed by atoms with van der Waals surface area (Å²) in [6.07, 6.45) is 3.70. The number of anilines is 1. The maximum absolute atomic E-state index is 14.0. The van der Waals surface area contributed by atoms with E-state index in [1.807, 2.05) is 7.11 Å². The number of likely N-dealkylation sites (N-methyl/N-ethyl adjacent to an activating group) is 1. The van der Waals surface area contributed by atoms with E-state index in [1.54, 1.807) is 38.5 Å². The molecule has 1 aliphatic heterocycles. The topological polar surface area (TPSA) is 107 Å². The number of likely N-dealkylation sites (tertiary alicyclic amines) is 1. The fourth-order valence-electron chi connectivity index (χ4n) is 11.6. The van der Waals surface area contributed by atoms with Gasteiger partial charge >= 0.3 is 5.97 Å². The molecule has 9 nitrogen and oxygen atoms in total. The summed E-state index contributed by atoms with van der Waals surface area (Å²) in [7, 11) is 5.37. The van der Waals surface area contributed by atoms with Crippen molar-refractivity contribution < 1.29 is 33.6 Å². The number of rotatable bonds is 7. The summed E-state index contributed by atoms with van der Waals surface area (Å²) >= 11 is 0. The Bertz CT molecular complexity index is 1240. The molecule has 1 amide bonds. The highest BCUT2D eigenvalue weighted by molar-refractivity contribution is 6.00. The van der Waals surface area contributed by atoms with Crippen LogP contribution >= 0.6 is 0 Å². The van der Waals surface area contributed by atoms with Gasteiger partial charge in [-0.25, -0.2) is 4.79 Å². The number of fused-ring (bicyclic) bond motifs is 2. The van der Waals surface area contributed by atoms with E-state index >= 15 is 0 Å². The quantitative estimate of drug-likeness (QED) is 0.484. The van der Waals surface area contributed by atoms with Crippen LogP contribution in [0.3, 0.4) is 0 Å². The molecule has 6 fully saturated rings.